The van der Waals surface area contributed by atoms with E-state index >= 15 is 0 Å². The molecule has 3 heterocycles. The largest absolute Gasteiger partial charge is 0.443 e. The lowest BCUT2D eigenvalue weighted by Gasteiger charge is -2.31. The average Bonchev–Trinajstić information content (AvgIpc) is 3.75. The summed E-state index contributed by atoms with van der Waals surface area (Å²) in [5.74, 6) is -5.19. The minimum atomic E-state index is -5.35. The maximum atomic E-state index is 14.5. The van der Waals surface area contributed by atoms with Gasteiger partial charge in [0.05, 0.1) is 50.5 Å². The Morgan fingerprint density at radius 2 is 2.17 bits per heavy atom. The quantitative estimate of drug-likeness (QED) is 0.275. The van der Waals surface area contributed by atoms with E-state index in [0.29, 0.717) is 16.2 Å². The lowest BCUT2D eigenvalue weighted by molar-refractivity contribution is -0.0907. The number of fused-ring (bicyclic) bond motifs is 2. The number of anilines is 1. The first kappa shape index (κ1) is 18.8. The van der Waals surface area contributed by atoms with Gasteiger partial charge in [-0.05, 0) is 42.5 Å². The number of carbonyl (C=O) groups is 1. The predicted octanol–water partition coefficient (Wildman–Crippen LogP) is 3.44. The average molecular weight is 631 g/mol. The molecule has 0 bridgehead atoms. The maximum absolute atomic E-state index is 14.5. The lowest BCUT2D eigenvalue weighted by atomic mass is 10.0. The smallest absolute Gasteiger partial charge is 0.407 e. The van der Waals surface area contributed by atoms with E-state index < -0.39 is 90.6 Å². The van der Waals surface area contributed by atoms with E-state index in [2.05, 4.69) is 15.6 Å². The van der Waals surface area contributed by atoms with Gasteiger partial charge in [-0.25, -0.2) is 18.2 Å². The number of thiazole rings is 1. The highest BCUT2D eigenvalue weighted by molar-refractivity contribution is 7.89. The molecule has 5 atom stereocenters. The molecule has 3 N–H and O–H groups in total. The zero-order valence-electron chi connectivity index (χ0n) is 34.4. The SMILES string of the molecule is [2H]C([2H])([2H])C([2H])(C([2H])([2H])[2H])C([2H])([2H])N(C[C@@H](O)[C@H](Cc1ccccc1)NC(=O)O[C@]1([2H])[C@@H]2CCO[C@@H]2OC1([2H])[2H])S(=O)(=O)c1ccc2nc(NC)sc2c1. The summed E-state index contributed by atoms with van der Waals surface area (Å²) in [6.45, 7) is -16.2. The maximum Gasteiger partial charge on any atom is 0.407 e. The van der Waals surface area contributed by atoms with Crippen LogP contribution in [-0.2, 0) is 30.7 Å². The van der Waals surface area contributed by atoms with Crippen LogP contribution in [0.2, 0.25) is 0 Å². The van der Waals surface area contributed by atoms with E-state index in [1.807, 2.05) is 0 Å². The van der Waals surface area contributed by atoms with Crippen LogP contribution in [-0.4, -0.2) is 86.7 Å². The minimum absolute atomic E-state index is 0.0925. The number of aliphatic hydroxyl groups excluding tert-OH is 1. The highest BCUT2D eigenvalue weighted by Crippen LogP contribution is 2.33. The zero-order valence-corrected chi connectivity index (χ0v) is 24.0. The fraction of sp³-hybridized carbons (Fsp3) is 0.517. The Bertz CT molecular complexity index is 1940. The van der Waals surface area contributed by atoms with Crippen LogP contribution in [0.25, 0.3) is 10.2 Å². The number of nitrogens with one attached hydrogen (secondary N) is 2. The van der Waals surface area contributed by atoms with Crippen molar-refractivity contribution >= 4 is 42.8 Å². The van der Waals surface area contributed by atoms with Crippen molar-refractivity contribution in [2.75, 3.05) is 38.6 Å². The molecule has 2 aliphatic rings. The van der Waals surface area contributed by atoms with Gasteiger partial charge in [-0.1, -0.05) is 55.4 Å². The fourth-order valence-corrected chi connectivity index (χ4v) is 6.83. The van der Waals surface area contributed by atoms with Gasteiger partial charge in [0.1, 0.15) is 6.08 Å². The van der Waals surface area contributed by atoms with Gasteiger partial charge in [-0.15, -0.1) is 0 Å². The molecular weight excluding hydrogens is 580 g/mol. The normalized spacial score (nSPS) is 30.3. The third kappa shape index (κ3) is 7.04. The number of aromatic nitrogens is 1. The fourth-order valence-electron chi connectivity index (χ4n) is 4.58. The molecular formula is C29H38N4O7S2. The van der Waals surface area contributed by atoms with Crippen molar-refractivity contribution in [2.45, 2.75) is 56.0 Å². The third-order valence-corrected chi connectivity index (χ3v) is 9.38. The first-order chi connectivity index (χ1) is 24.8. The second-order valence-corrected chi connectivity index (χ2v) is 12.4. The Balaban J connectivity index is 1.57. The number of rotatable bonds is 12. The number of hydrogen-bond donors (Lipinski definition) is 3. The van der Waals surface area contributed by atoms with Gasteiger partial charge in [0.25, 0.3) is 0 Å². The number of sulfonamides is 1. The van der Waals surface area contributed by atoms with Crippen LogP contribution in [0.1, 0.15) is 42.1 Å². The summed E-state index contributed by atoms with van der Waals surface area (Å²) in [7, 11) is -3.78. The Kier molecular flexibility index (Phi) is 5.91. The molecule has 3 aromatic rings. The third-order valence-electron chi connectivity index (χ3n) is 6.67. The number of aliphatic hydroxyl groups is 1. The van der Waals surface area contributed by atoms with E-state index in [4.69, 9.17) is 30.7 Å². The molecule has 228 valence electrons. The molecule has 13 heteroatoms. The highest BCUT2D eigenvalue weighted by Gasteiger charge is 2.44. The number of ether oxygens (including phenoxy) is 3. The zero-order chi connectivity index (χ0) is 40.3. The van der Waals surface area contributed by atoms with E-state index in [1.54, 1.807) is 37.4 Å². The van der Waals surface area contributed by atoms with Crippen molar-refractivity contribution < 1.29 is 49.0 Å². The molecule has 1 aromatic heterocycles. The van der Waals surface area contributed by atoms with Crippen molar-refractivity contribution in [2.24, 2.45) is 11.8 Å². The van der Waals surface area contributed by atoms with Crippen molar-refractivity contribution in [3.05, 3.63) is 54.1 Å². The Hall–Kier alpha value is -2.81. The number of nitrogens with zero attached hydrogens (tertiary/aromatic N) is 2. The van der Waals surface area contributed by atoms with Crippen molar-refractivity contribution in [3.63, 3.8) is 0 Å². The van der Waals surface area contributed by atoms with Gasteiger partial charge in [-0.3, -0.25) is 0 Å². The molecule has 0 saturated carbocycles. The molecule has 2 saturated heterocycles. The molecule has 2 aliphatic heterocycles. The number of benzene rings is 2. The molecule has 5 rings (SSSR count). The summed E-state index contributed by atoms with van der Waals surface area (Å²) in [5, 5.41) is 17.2. The standard InChI is InChI=1S/C29H38N4O7S2/c1-18(2)15-33(42(36,37)20-9-10-22-26(14-20)41-28(30-3)31-22)16-24(34)23(13-19-7-5-4-6-8-19)32-29(35)40-25-17-39-27-21(25)11-12-38-27/h4-10,14,18,21,23-25,27,34H,11-13,15-17H2,1-3H3,(H,30,31)(H,32,35)/t21-,23-,24+,25-,27+/m0/s1/i1D3,2D3,15D2,17D2,18D,25D. The molecule has 1 amide bonds. The number of amides is 1. The predicted molar refractivity (Wildman–Crippen MR) is 160 cm³/mol. The summed E-state index contributed by atoms with van der Waals surface area (Å²) in [5.41, 5.74) is 0.766. The van der Waals surface area contributed by atoms with E-state index in [-0.39, 0.29) is 28.5 Å². The molecule has 0 unspecified atom stereocenters. The molecule has 11 nitrogen and oxygen atoms in total. The Morgan fingerprint density at radius 1 is 1.36 bits per heavy atom. The molecule has 2 fully saturated rings. The molecule has 2 aromatic carbocycles. The van der Waals surface area contributed by atoms with Crippen molar-refractivity contribution in [1.82, 2.24) is 14.6 Å². The van der Waals surface area contributed by atoms with Crippen LogP contribution in [0.15, 0.2) is 53.4 Å². The number of alkyl carbamates (subject to hydrolysis) is 1. The van der Waals surface area contributed by atoms with Gasteiger partial charge in [-0.2, -0.15) is 4.31 Å². The van der Waals surface area contributed by atoms with E-state index in [9.17, 15) is 18.3 Å². The highest BCUT2D eigenvalue weighted by atomic mass is 32.2. The van der Waals surface area contributed by atoms with Crippen molar-refractivity contribution in [1.29, 1.82) is 0 Å². The molecule has 0 spiro atoms. The minimum Gasteiger partial charge on any atom is -0.443 e. The summed E-state index contributed by atoms with van der Waals surface area (Å²) in [4.78, 5) is 17.0. The van der Waals surface area contributed by atoms with Gasteiger partial charge in [0.2, 0.25) is 10.0 Å². The first-order valence-corrected chi connectivity index (χ1v) is 15.2. The van der Waals surface area contributed by atoms with Crippen LogP contribution in [0, 0.1) is 11.8 Å². The van der Waals surface area contributed by atoms with E-state index in [0.717, 1.165) is 23.5 Å². The second kappa shape index (κ2) is 13.2. The second-order valence-electron chi connectivity index (χ2n) is 9.54. The number of carbonyl (C=O) groups excluding carboxylic acids is 1. The van der Waals surface area contributed by atoms with Crippen LogP contribution in [0.3, 0.4) is 0 Å². The van der Waals surface area contributed by atoms with Gasteiger partial charge < -0.3 is 30.0 Å². The topological polar surface area (TPSA) is 139 Å². The van der Waals surface area contributed by atoms with Crippen molar-refractivity contribution in [3.8, 4) is 0 Å². The lowest BCUT2D eigenvalue weighted by Crippen LogP contribution is -2.51. The van der Waals surface area contributed by atoms with Crippen LogP contribution in [0.4, 0.5) is 9.93 Å². The van der Waals surface area contributed by atoms with Gasteiger partial charge in [0, 0.05) is 32.4 Å². The first-order valence-electron chi connectivity index (χ1n) is 18.9. The summed E-state index contributed by atoms with van der Waals surface area (Å²) >= 11 is 1.02. The van der Waals surface area contributed by atoms with Crippen LogP contribution >= 0.6 is 11.3 Å². The molecule has 0 aliphatic carbocycles. The van der Waals surface area contributed by atoms with Gasteiger partial charge >= 0.3 is 6.09 Å². The summed E-state index contributed by atoms with van der Waals surface area (Å²) in [6.07, 6.45) is -7.69. The van der Waals surface area contributed by atoms with E-state index in [1.165, 1.54) is 6.07 Å². The Labute approximate surface area is 267 Å². The van der Waals surface area contributed by atoms with Crippen LogP contribution < -0.4 is 10.6 Å². The summed E-state index contributed by atoms with van der Waals surface area (Å²) < 4.78 is 144. The monoisotopic (exact) mass is 630 g/mol. The number of hydrogen-bond acceptors (Lipinski definition) is 10. The molecule has 42 heavy (non-hydrogen) atoms. The molecule has 0 radical (unpaired) electrons. The Morgan fingerprint density at radius 3 is 2.93 bits per heavy atom. The van der Waals surface area contributed by atoms with Gasteiger partial charge in [0.15, 0.2) is 11.4 Å². The van der Waals surface area contributed by atoms with Crippen LogP contribution in [0.5, 0.6) is 0 Å². The summed E-state index contributed by atoms with van der Waals surface area (Å²) in [6, 6.07) is 9.76.